The summed E-state index contributed by atoms with van der Waals surface area (Å²) >= 11 is 0. The van der Waals surface area contributed by atoms with Gasteiger partial charge in [0.25, 0.3) is 0 Å². The molecule has 1 saturated carbocycles. The van der Waals surface area contributed by atoms with Crippen LogP contribution in [-0.4, -0.2) is 28.3 Å². The molecule has 1 rings (SSSR count). The number of hydrogen-bond acceptors (Lipinski definition) is 3. The third-order valence-corrected chi connectivity index (χ3v) is 2.92. The zero-order chi connectivity index (χ0) is 12.6. The van der Waals surface area contributed by atoms with Crippen LogP contribution in [0.3, 0.4) is 0 Å². The molecule has 0 bridgehead atoms. The van der Waals surface area contributed by atoms with Gasteiger partial charge in [0.15, 0.2) is 0 Å². The van der Waals surface area contributed by atoms with Crippen molar-refractivity contribution >= 4 is 12.1 Å². The maximum Gasteiger partial charge on any atom is 0.408 e. The van der Waals surface area contributed by atoms with E-state index < -0.39 is 23.2 Å². The standard InChI is InChI=1S/C11H19NO4/c1-7-5-6-11(7,8(13)14)12-9(15)16-10(2,3)4/h7H,5-6H2,1-4H3,(H,12,15)(H,13,14)/t7?,11-/m0/s1. The van der Waals surface area contributed by atoms with E-state index >= 15 is 0 Å². The number of amides is 1. The average Bonchev–Trinajstić information content (AvgIpc) is 2.08. The lowest BCUT2D eigenvalue weighted by atomic mass is 9.67. The van der Waals surface area contributed by atoms with Gasteiger partial charge in [-0.1, -0.05) is 6.92 Å². The average molecular weight is 229 g/mol. The molecule has 1 aliphatic carbocycles. The summed E-state index contributed by atoms with van der Waals surface area (Å²) in [6.07, 6.45) is 0.603. The minimum atomic E-state index is -1.14. The van der Waals surface area contributed by atoms with Crippen LogP contribution in [0.2, 0.25) is 0 Å². The number of carbonyl (C=O) groups is 2. The Morgan fingerprint density at radius 2 is 2.00 bits per heavy atom. The highest BCUT2D eigenvalue weighted by Gasteiger charge is 2.52. The quantitative estimate of drug-likeness (QED) is 0.756. The van der Waals surface area contributed by atoms with Crippen LogP contribution in [-0.2, 0) is 9.53 Å². The molecule has 2 N–H and O–H groups in total. The van der Waals surface area contributed by atoms with Crippen LogP contribution in [0, 0.1) is 5.92 Å². The summed E-state index contributed by atoms with van der Waals surface area (Å²) in [5.41, 5.74) is -1.75. The zero-order valence-electron chi connectivity index (χ0n) is 10.2. The normalized spacial score (nSPS) is 29.1. The Morgan fingerprint density at radius 1 is 1.44 bits per heavy atom. The molecule has 0 spiro atoms. The number of carboxylic acid groups (broad SMARTS) is 1. The van der Waals surface area contributed by atoms with E-state index in [1.807, 2.05) is 6.92 Å². The lowest BCUT2D eigenvalue weighted by Gasteiger charge is -2.44. The summed E-state index contributed by atoms with van der Waals surface area (Å²) in [6.45, 7) is 7.04. The van der Waals surface area contributed by atoms with Crippen molar-refractivity contribution in [1.82, 2.24) is 5.32 Å². The molecule has 1 amide bonds. The van der Waals surface area contributed by atoms with E-state index in [-0.39, 0.29) is 5.92 Å². The van der Waals surface area contributed by atoms with Crippen LogP contribution in [0.5, 0.6) is 0 Å². The van der Waals surface area contributed by atoms with Crippen LogP contribution in [0.25, 0.3) is 0 Å². The molecule has 1 unspecified atom stereocenters. The van der Waals surface area contributed by atoms with Crippen LogP contribution >= 0.6 is 0 Å². The van der Waals surface area contributed by atoms with Gasteiger partial charge in [-0.3, -0.25) is 0 Å². The third kappa shape index (κ3) is 2.46. The highest BCUT2D eigenvalue weighted by Crippen LogP contribution is 2.38. The summed E-state index contributed by atoms with van der Waals surface area (Å²) in [5.74, 6) is -1.05. The summed E-state index contributed by atoms with van der Waals surface area (Å²) in [6, 6.07) is 0. The molecule has 0 heterocycles. The number of hydrogen-bond donors (Lipinski definition) is 2. The van der Waals surface area contributed by atoms with Gasteiger partial charge in [0.1, 0.15) is 11.1 Å². The van der Waals surface area contributed by atoms with Gasteiger partial charge in [-0.05, 0) is 39.5 Å². The minimum absolute atomic E-state index is 0.0579. The van der Waals surface area contributed by atoms with Crippen molar-refractivity contribution < 1.29 is 19.4 Å². The molecule has 0 aromatic rings. The fourth-order valence-electron chi connectivity index (χ4n) is 1.76. The molecule has 1 aliphatic rings. The Kier molecular flexibility index (Phi) is 3.17. The molecule has 0 aromatic carbocycles. The van der Waals surface area contributed by atoms with Gasteiger partial charge in [0.05, 0.1) is 0 Å². The lowest BCUT2D eigenvalue weighted by Crippen LogP contribution is -2.64. The number of rotatable bonds is 2. The molecule has 0 radical (unpaired) electrons. The molecule has 5 nitrogen and oxygen atoms in total. The Bertz CT molecular complexity index is 308. The highest BCUT2D eigenvalue weighted by molar-refractivity contribution is 5.85. The molecule has 92 valence electrons. The van der Waals surface area contributed by atoms with Gasteiger partial charge < -0.3 is 15.2 Å². The van der Waals surface area contributed by atoms with E-state index in [9.17, 15) is 9.59 Å². The molecule has 2 atom stereocenters. The molecular weight excluding hydrogens is 210 g/mol. The Morgan fingerprint density at radius 3 is 2.25 bits per heavy atom. The van der Waals surface area contributed by atoms with E-state index in [1.54, 1.807) is 20.8 Å². The molecule has 5 heteroatoms. The summed E-state index contributed by atoms with van der Waals surface area (Å²) in [7, 11) is 0. The van der Waals surface area contributed by atoms with E-state index in [0.29, 0.717) is 6.42 Å². The third-order valence-electron chi connectivity index (χ3n) is 2.92. The van der Waals surface area contributed by atoms with E-state index in [1.165, 1.54) is 0 Å². The van der Waals surface area contributed by atoms with Gasteiger partial charge in [-0.2, -0.15) is 0 Å². The fourth-order valence-corrected chi connectivity index (χ4v) is 1.76. The number of alkyl carbamates (subject to hydrolysis) is 1. The number of nitrogens with one attached hydrogen (secondary N) is 1. The van der Waals surface area contributed by atoms with Crippen molar-refractivity contribution in [3.05, 3.63) is 0 Å². The van der Waals surface area contributed by atoms with E-state index in [2.05, 4.69) is 5.32 Å². The molecular formula is C11H19NO4. The lowest BCUT2D eigenvalue weighted by molar-refractivity contribution is -0.152. The maximum absolute atomic E-state index is 11.5. The zero-order valence-corrected chi connectivity index (χ0v) is 10.2. The first-order valence-corrected chi connectivity index (χ1v) is 5.42. The first-order valence-electron chi connectivity index (χ1n) is 5.42. The van der Waals surface area contributed by atoms with Gasteiger partial charge in [-0.15, -0.1) is 0 Å². The highest BCUT2D eigenvalue weighted by atomic mass is 16.6. The van der Waals surface area contributed by atoms with Crippen LogP contribution < -0.4 is 5.32 Å². The Labute approximate surface area is 95.2 Å². The smallest absolute Gasteiger partial charge is 0.408 e. The molecule has 1 fully saturated rings. The van der Waals surface area contributed by atoms with E-state index in [0.717, 1.165) is 6.42 Å². The number of carboxylic acids is 1. The second-order valence-electron chi connectivity index (χ2n) is 5.34. The van der Waals surface area contributed by atoms with Crippen LogP contribution in [0.1, 0.15) is 40.5 Å². The molecule has 0 aromatic heterocycles. The molecule has 0 aliphatic heterocycles. The number of aliphatic carboxylic acids is 1. The van der Waals surface area contributed by atoms with Gasteiger partial charge in [0, 0.05) is 0 Å². The summed E-state index contributed by atoms with van der Waals surface area (Å²) < 4.78 is 5.05. The predicted molar refractivity (Wildman–Crippen MR) is 58.1 cm³/mol. The van der Waals surface area contributed by atoms with Crippen molar-refractivity contribution in [3.8, 4) is 0 Å². The molecule has 16 heavy (non-hydrogen) atoms. The Balaban J connectivity index is 2.65. The monoisotopic (exact) mass is 229 g/mol. The minimum Gasteiger partial charge on any atom is -0.479 e. The van der Waals surface area contributed by atoms with Crippen molar-refractivity contribution in [1.29, 1.82) is 0 Å². The van der Waals surface area contributed by atoms with Gasteiger partial charge in [0.2, 0.25) is 0 Å². The first kappa shape index (κ1) is 12.8. The summed E-state index contributed by atoms with van der Waals surface area (Å²) in [5, 5.41) is 11.6. The predicted octanol–water partition coefficient (Wildman–Crippen LogP) is 1.76. The summed E-state index contributed by atoms with van der Waals surface area (Å²) in [4.78, 5) is 22.7. The number of carbonyl (C=O) groups excluding carboxylic acids is 1. The fraction of sp³-hybridized carbons (Fsp3) is 0.818. The second kappa shape index (κ2) is 3.96. The van der Waals surface area contributed by atoms with Crippen molar-refractivity contribution in [2.45, 2.75) is 51.7 Å². The first-order chi connectivity index (χ1) is 7.17. The van der Waals surface area contributed by atoms with Crippen molar-refractivity contribution in [2.24, 2.45) is 5.92 Å². The SMILES string of the molecule is CC1CC[C@@]1(NC(=O)OC(C)(C)C)C(=O)O. The van der Waals surface area contributed by atoms with Gasteiger partial charge in [-0.25, -0.2) is 9.59 Å². The number of ether oxygens (including phenoxy) is 1. The van der Waals surface area contributed by atoms with Crippen molar-refractivity contribution in [2.75, 3.05) is 0 Å². The second-order valence-corrected chi connectivity index (χ2v) is 5.34. The topological polar surface area (TPSA) is 75.6 Å². The molecule has 0 saturated heterocycles. The van der Waals surface area contributed by atoms with Gasteiger partial charge >= 0.3 is 12.1 Å². The van der Waals surface area contributed by atoms with Crippen LogP contribution in [0.4, 0.5) is 4.79 Å². The van der Waals surface area contributed by atoms with Crippen LogP contribution in [0.15, 0.2) is 0 Å². The Hall–Kier alpha value is -1.26. The largest absolute Gasteiger partial charge is 0.479 e. The van der Waals surface area contributed by atoms with Crippen molar-refractivity contribution in [3.63, 3.8) is 0 Å². The van der Waals surface area contributed by atoms with E-state index in [4.69, 9.17) is 9.84 Å². The maximum atomic E-state index is 11.5.